The number of amides is 1. The molecular weight excluding hydrogens is 278 g/mol. The Labute approximate surface area is 123 Å². The smallest absolute Gasteiger partial charge is 0.237 e. The Kier molecular flexibility index (Phi) is 5.66. The van der Waals surface area contributed by atoms with Gasteiger partial charge in [-0.25, -0.2) is 8.78 Å². The molecule has 21 heavy (non-hydrogen) atoms. The van der Waals surface area contributed by atoms with Crippen LogP contribution in [-0.2, 0) is 4.79 Å². The number of ether oxygens (including phenoxy) is 1. The fraction of sp³-hybridized carbons (Fsp3) is 0.533. The van der Waals surface area contributed by atoms with Crippen LogP contribution < -0.4 is 15.8 Å². The highest BCUT2D eigenvalue weighted by Gasteiger charge is 2.33. The molecule has 0 aromatic heterocycles. The zero-order valence-corrected chi connectivity index (χ0v) is 12.7. The number of hydrogen-bond acceptors (Lipinski definition) is 3. The average Bonchev–Trinajstić information content (AvgIpc) is 2.32. The first kappa shape index (κ1) is 17.4. The Hall–Kier alpha value is -1.69. The van der Waals surface area contributed by atoms with Crippen LogP contribution in [0.1, 0.15) is 34.1 Å². The highest BCUT2D eigenvalue weighted by Crippen LogP contribution is 2.21. The first-order chi connectivity index (χ1) is 9.64. The molecule has 1 aromatic rings. The molecule has 0 bridgehead atoms. The van der Waals surface area contributed by atoms with Crippen LogP contribution in [0.15, 0.2) is 18.2 Å². The molecule has 3 N–H and O–H groups in total. The van der Waals surface area contributed by atoms with Crippen molar-refractivity contribution in [2.45, 2.75) is 51.8 Å². The molecule has 0 saturated carbocycles. The summed E-state index contributed by atoms with van der Waals surface area (Å²) in [6, 6.07) is 3.38. The zero-order chi connectivity index (χ0) is 16.2. The number of benzene rings is 1. The molecule has 0 radical (unpaired) electrons. The van der Waals surface area contributed by atoms with Gasteiger partial charge in [0.25, 0.3) is 0 Å². The highest BCUT2D eigenvalue weighted by atomic mass is 19.2. The summed E-state index contributed by atoms with van der Waals surface area (Å²) < 4.78 is 31.5. The van der Waals surface area contributed by atoms with Gasteiger partial charge in [-0.2, -0.15) is 0 Å². The predicted molar refractivity (Wildman–Crippen MR) is 76.9 cm³/mol. The number of carbonyl (C=O) groups excluding carboxylic acids is 1. The van der Waals surface area contributed by atoms with E-state index < -0.39 is 29.2 Å². The maximum Gasteiger partial charge on any atom is 0.237 e. The maximum absolute atomic E-state index is 13.1. The van der Waals surface area contributed by atoms with Gasteiger partial charge >= 0.3 is 0 Å². The molecule has 118 valence electrons. The summed E-state index contributed by atoms with van der Waals surface area (Å²) in [5, 5.41) is 3.10. The molecule has 0 heterocycles. The minimum Gasteiger partial charge on any atom is -0.491 e. The number of primary amides is 1. The topological polar surface area (TPSA) is 64.3 Å². The van der Waals surface area contributed by atoms with Gasteiger partial charge in [0.1, 0.15) is 5.75 Å². The van der Waals surface area contributed by atoms with Gasteiger partial charge in [-0.15, -0.1) is 0 Å². The fourth-order valence-corrected chi connectivity index (χ4v) is 2.27. The summed E-state index contributed by atoms with van der Waals surface area (Å²) in [4.78, 5) is 11.6. The van der Waals surface area contributed by atoms with Gasteiger partial charge in [-0.3, -0.25) is 4.79 Å². The summed E-state index contributed by atoms with van der Waals surface area (Å²) in [6.07, 6.45) is -0.0990. The Bertz CT molecular complexity index is 508. The number of hydrogen-bond donors (Lipinski definition) is 2. The van der Waals surface area contributed by atoms with Gasteiger partial charge < -0.3 is 15.8 Å². The lowest BCUT2D eigenvalue weighted by Gasteiger charge is -2.32. The van der Waals surface area contributed by atoms with E-state index in [1.54, 1.807) is 13.8 Å². The van der Waals surface area contributed by atoms with Crippen LogP contribution >= 0.6 is 0 Å². The fourth-order valence-electron chi connectivity index (χ4n) is 2.27. The monoisotopic (exact) mass is 300 g/mol. The molecule has 1 rings (SSSR count). The SMILES string of the molecule is CC(C)NC(C)(CC(C)Oc1ccc(F)c(F)c1)C(N)=O. The summed E-state index contributed by atoms with van der Waals surface area (Å²) in [5.74, 6) is -2.19. The van der Waals surface area contributed by atoms with E-state index in [0.717, 1.165) is 12.1 Å². The van der Waals surface area contributed by atoms with Crippen LogP contribution in [0.3, 0.4) is 0 Å². The van der Waals surface area contributed by atoms with Gasteiger partial charge in [0.15, 0.2) is 11.6 Å². The number of nitrogens with one attached hydrogen (secondary N) is 1. The van der Waals surface area contributed by atoms with Crippen molar-refractivity contribution in [1.29, 1.82) is 0 Å². The lowest BCUT2D eigenvalue weighted by molar-refractivity contribution is -0.125. The van der Waals surface area contributed by atoms with Gasteiger partial charge in [0.2, 0.25) is 5.91 Å². The van der Waals surface area contributed by atoms with Crippen molar-refractivity contribution in [3.05, 3.63) is 29.8 Å². The Morgan fingerprint density at radius 1 is 1.33 bits per heavy atom. The Balaban J connectivity index is 2.76. The largest absolute Gasteiger partial charge is 0.491 e. The number of halogens is 2. The molecular formula is C15H22F2N2O2. The van der Waals surface area contributed by atoms with E-state index in [4.69, 9.17) is 10.5 Å². The molecule has 0 aliphatic heterocycles. The van der Waals surface area contributed by atoms with Crippen LogP contribution in [-0.4, -0.2) is 23.6 Å². The molecule has 1 aromatic carbocycles. The zero-order valence-electron chi connectivity index (χ0n) is 12.7. The average molecular weight is 300 g/mol. The van der Waals surface area contributed by atoms with Crippen molar-refractivity contribution in [1.82, 2.24) is 5.32 Å². The number of rotatable bonds is 7. The lowest BCUT2D eigenvalue weighted by Crippen LogP contribution is -2.57. The Morgan fingerprint density at radius 2 is 1.95 bits per heavy atom. The van der Waals surface area contributed by atoms with Crippen molar-refractivity contribution in [2.75, 3.05) is 0 Å². The van der Waals surface area contributed by atoms with Gasteiger partial charge in [-0.05, 0) is 39.8 Å². The van der Waals surface area contributed by atoms with Crippen LogP contribution in [0, 0.1) is 11.6 Å². The molecule has 0 aliphatic rings. The summed E-state index contributed by atoms with van der Waals surface area (Å²) in [6.45, 7) is 7.25. The third-order valence-corrected chi connectivity index (χ3v) is 3.08. The van der Waals surface area contributed by atoms with E-state index in [0.29, 0.717) is 6.42 Å². The standard InChI is InChI=1S/C15H22F2N2O2/c1-9(2)19-15(4,14(18)20)8-10(3)21-11-5-6-12(16)13(17)7-11/h5-7,9-10,19H,8H2,1-4H3,(H2,18,20). The second-order valence-electron chi connectivity index (χ2n) is 5.70. The van der Waals surface area contributed by atoms with Gasteiger partial charge in [0.05, 0.1) is 11.6 Å². The summed E-state index contributed by atoms with van der Waals surface area (Å²) >= 11 is 0. The van der Waals surface area contributed by atoms with E-state index in [-0.39, 0.29) is 11.8 Å². The summed E-state index contributed by atoms with van der Waals surface area (Å²) in [7, 11) is 0. The molecule has 6 heteroatoms. The van der Waals surface area contributed by atoms with Crippen molar-refractivity contribution in [3.63, 3.8) is 0 Å². The normalized spacial score (nSPS) is 15.6. The molecule has 2 unspecified atom stereocenters. The van der Waals surface area contributed by atoms with Crippen molar-refractivity contribution >= 4 is 5.91 Å². The van der Waals surface area contributed by atoms with Gasteiger partial charge in [-0.1, -0.05) is 0 Å². The van der Waals surface area contributed by atoms with E-state index >= 15 is 0 Å². The second kappa shape index (κ2) is 6.85. The molecule has 0 saturated heterocycles. The van der Waals surface area contributed by atoms with E-state index in [1.165, 1.54) is 6.07 Å². The van der Waals surface area contributed by atoms with Crippen LogP contribution in [0.4, 0.5) is 8.78 Å². The third kappa shape index (κ3) is 4.97. The van der Waals surface area contributed by atoms with Crippen LogP contribution in [0.2, 0.25) is 0 Å². The Morgan fingerprint density at radius 3 is 2.43 bits per heavy atom. The summed E-state index contributed by atoms with van der Waals surface area (Å²) in [5.41, 5.74) is 4.50. The number of nitrogens with two attached hydrogens (primary N) is 1. The minimum atomic E-state index is -0.974. The quantitative estimate of drug-likeness (QED) is 0.812. The van der Waals surface area contributed by atoms with Crippen molar-refractivity contribution < 1.29 is 18.3 Å². The van der Waals surface area contributed by atoms with Crippen LogP contribution in [0.25, 0.3) is 0 Å². The second-order valence-corrected chi connectivity index (χ2v) is 5.70. The molecule has 0 aliphatic carbocycles. The predicted octanol–water partition coefficient (Wildman–Crippen LogP) is 2.36. The minimum absolute atomic E-state index is 0.0676. The third-order valence-electron chi connectivity index (χ3n) is 3.08. The molecule has 0 fully saturated rings. The maximum atomic E-state index is 13.1. The van der Waals surface area contributed by atoms with Crippen LogP contribution in [0.5, 0.6) is 5.75 Å². The first-order valence-corrected chi connectivity index (χ1v) is 6.83. The van der Waals surface area contributed by atoms with Gasteiger partial charge in [0, 0.05) is 18.5 Å². The molecule has 2 atom stereocenters. The lowest BCUT2D eigenvalue weighted by atomic mass is 9.93. The molecule has 0 spiro atoms. The number of carbonyl (C=O) groups is 1. The first-order valence-electron chi connectivity index (χ1n) is 6.83. The van der Waals surface area contributed by atoms with Crippen molar-refractivity contribution in [3.8, 4) is 5.75 Å². The van der Waals surface area contributed by atoms with E-state index in [1.807, 2.05) is 13.8 Å². The molecule has 4 nitrogen and oxygen atoms in total. The van der Waals surface area contributed by atoms with E-state index in [2.05, 4.69) is 5.32 Å². The van der Waals surface area contributed by atoms with E-state index in [9.17, 15) is 13.6 Å². The molecule has 1 amide bonds. The van der Waals surface area contributed by atoms with Crippen molar-refractivity contribution in [2.24, 2.45) is 5.73 Å². The highest BCUT2D eigenvalue weighted by molar-refractivity contribution is 5.84.